The lowest BCUT2D eigenvalue weighted by Crippen LogP contribution is -2.34. The molecule has 24 heavy (non-hydrogen) atoms. The third-order valence-corrected chi connectivity index (χ3v) is 3.65. The van der Waals surface area contributed by atoms with Gasteiger partial charge in [-0.25, -0.2) is 0 Å². The summed E-state index contributed by atoms with van der Waals surface area (Å²) in [6.45, 7) is 5.69. The molecule has 1 heterocycles. The van der Waals surface area contributed by atoms with Crippen LogP contribution >= 0.6 is 0 Å². The molecular weight excluding hydrogens is 304 g/mol. The van der Waals surface area contributed by atoms with Crippen molar-refractivity contribution in [2.24, 2.45) is 0 Å². The second kappa shape index (κ2) is 7.64. The number of benzene rings is 1. The average molecular weight is 326 g/mol. The second-order valence-corrected chi connectivity index (χ2v) is 5.79. The van der Waals surface area contributed by atoms with Crippen molar-refractivity contribution >= 4 is 23.6 Å². The molecule has 0 aliphatic rings. The van der Waals surface area contributed by atoms with Crippen LogP contribution < -0.4 is 5.32 Å². The van der Waals surface area contributed by atoms with Gasteiger partial charge in [0.25, 0.3) is 0 Å². The van der Waals surface area contributed by atoms with Crippen LogP contribution in [0.25, 0.3) is 6.08 Å². The largest absolute Gasteiger partial charge is 0.462 e. The number of rotatable bonds is 5. The molecule has 0 aliphatic heterocycles. The van der Waals surface area contributed by atoms with E-state index in [2.05, 4.69) is 5.32 Å². The Hall–Kier alpha value is -2.82. The van der Waals surface area contributed by atoms with Gasteiger partial charge in [0.15, 0.2) is 0 Å². The first kappa shape index (κ1) is 17.5. The molecule has 5 nitrogen and oxygen atoms in total. The molecule has 0 atom stereocenters. The molecule has 0 aliphatic carbocycles. The minimum atomic E-state index is -0.263. The van der Waals surface area contributed by atoms with Gasteiger partial charge in [0.1, 0.15) is 11.5 Å². The topological polar surface area (TPSA) is 62.6 Å². The van der Waals surface area contributed by atoms with E-state index in [1.165, 1.54) is 11.0 Å². The van der Waals surface area contributed by atoms with E-state index in [1.807, 2.05) is 45.0 Å². The molecule has 0 radical (unpaired) electrons. The molecule has 1 aromatic carbocycles. The zero-order valence-corrected chi connectivity index (χ0v) is 14.4. The van der Waals surface area contributed by atoms with Gasteiger partial charge in [-0.2, -0.15) is 0 Å². The molecule has 0 saturated heterocycles. The highest BCUT2D eigenvalue weighted by molar-refractivity contribution is 5.98. The first-order valence-corrected chi connectivity index (χ1v) is 7.72. The van der Waals surface area contributed by atoms with E-state index in [4.69, 9.17) is 4.42 Å². The zero-order chi connectivity index (χ0) is 17.7. The molecule has 2 rings (SSSR count). The molecule has 0 bridgehead atoms. The first-order chi connectivity index (χ1) is 11.4. The van der Waals surface area contributed by atoms with Gasteiger partial charge in [-0.05, 0) is 50.1 Å². The summed E-state index contributed by atoms with van der Waals surface area (Å²) in [7, 11) is 1.59. The van der Waals surface area contributed by atoms with Gasteiger partial charge in [-0.3, -0.25) is 9.59 Å². The van der Waals surface area contributed by atoms with Gasteiger partial charge < -0.3 is 14.6 Å². The van der Waals surface area contributed by atoms with E-state index < -0.39 is 0 Å². The number of amides is 2. The number of likely N-dealkylation sites (N-methyl/N-ethyl adjacent to an activating group) is 1. The highest BCUT2D eigenvalue weighted by Crippen LogP contribution is 2.19. The van der Waals surface area contributed by atoms with Gasteiger partial charge in [0, 0.05) is 18.8 Å². The number of carbonyl (C=O) groups excluding carboxylic acids is 2. The Kier molecular flexibility index (Phi) is 5.58. The number of hydrogen-bond acceptors (Lipinski definition) is 3. The number of furan rings is 1. The van der Waals surface area contributed by atoms with Gasteiger partial charge >= 0.3 is 0 Å². The van der Waals surface area contributed by atoms with Crippen molar-refractivity contribution in [1.82, 2.24) is 4.90 Å². The molecule has 0 fully saturated rings. The molecule has 1 N–H and O–H groups in total. The SMILES string of the molecule is Cc1ccc(/C=C/C(=O)N(C)CC(=O)Nc2c(C)cccc2C)o1. The summed E-state index contributed by atoms with van der Waals surface area (Å²) in [5.74, 6) is 0.892. The maximum absolute atomic E-state index is 12.2. The number of carbonyl (C=O) groups is 2. The lowest BCUT2D eigenvalue weighted by Gasteiger charge is -2.16. The van der Waals surface area contributed by atoms with Crippen LogP contribution in [0, 0.1) is 20.8 Å². The van der Waals surface area contributed by atoms with Gasteiger partial charge in [0.05, 0.1) is 6.54 Å². The molecule has 126 valence electrons. The fourth-order valence-corrected chi connectivity index (χ4v) is 2.31. The Morgan fingerprint density at radius 3 is 2.38 bits per heavy atom. The summed E-state index contributed by atoms with van der Waals surface area (Å²) in [6, 6.07) is 9.42. The molecule has 1 aromatic heterocycles. The summed E-state index contributed by atoms with van der Waals surface area (Å²) in [5.41, 5.74) is 2.78. The number of nitrogens with one attached hydrogen (secondary N) is 1. The number of aryl methyl sites for hydroxylation is 3. The maximum atomic E-state index is 12.2. The van der Waals surface area contributed by atoms with Gasteiger partial charge in [-0.1, -0.05) is 18.2 Å². The van der Waals surface area contributed by atoms with Gasteiger partial charge in [-0.15, -0.1) is 0 Å². The van der Waals surface area contributed by atoms with E-state index in [0.29, 0.717) is 5.76 Å². The second-order valence-electron chi connectivity index (χ2n) is 5.79. The van der Waals surface area contributed by atoms with Crippen LogP contribution in [0.1, 0.15) is 22.6 Å². The summed E-state index contributed by atoms with van der Waals surface area (Å²) in [4.78, 5) is 25.6. The minimum Gasteiger partial charge on any atom is -0.462 e. The quantitative estimate of drug-likeness (QED) is 0.857. The predicted octanol–water partition coefficient (Wildman–Crippen LogP) is 3.32. The van der Waals surface area contributed by atoms with Crippen LogP contribution in [-0.2, 0) is 9.59 Å². The molecule has 5 heteroatoms. The summed E-state index contributed by atoms with van der Waals surface area (Å²) in [5, 5.41) is 2.87. The van der Waals surface area contributed by atoms with Crippen LogP contribution in [0.5, 0.6) is 0 Å². The van der Waals surface area contributed by atoms with E-state index in [1.54, 1.807) is 19.2 Å². The lowest BCUT2D eigenvalue weighted by molar-refractivity contribution is -0.129. The Bertz CT molecular complexity index is 754. The molecule has 2 aromatic rings. The monoisotopic (exact) mass is 326 g/mol. The van der Waals surface area contributed by atoms with Gasteiger partial charge in [0.2, 0.25) is 11.8 Å². The van der Waals surface area contributed by atoms with E-state index >= 15 is 0 Å². The third-order valence-electron chi connectivity index (χ3n) is 3.65. The third kappa shape index (κ3) is 4.59. The summed E-state index contributed by atoms with van der Waals surface area (Å²) in [6.07, 6.45) is 2.99. The Balaban J connectivity index is 1.93. The van der Waals surface area contributed by atoms with Crippen LogP contribution in [-0.4, -0.2) is 30.3 Å². The molecule has 2 amide bonds. The van der Waals surface area contributed by atoms with Crippen LogP contribution in [0.3, 0.4) is 0 Å². The number of hydrogen-bond donors (Lipinski definition) is 1. The van der Waals surface area contributed by atoms with E-state index in [-0.39, 0.29) is 18.4 Å². The smallest absolute Gasteiger partial charge is 0.246 e. The Morgan fingerprint density at radius 2 is 1.79 bits per heavy atom. The highest BCUT2D eigenvalue weighted by Gasteiger charge is 2.12. The van der Waals surface area contributed by atoms with Crippen LogP contribution in [0.15, 0.2) is 40.8 Å². The standard InChI is InChI=1S/C19H22N2O3/c1-13-6-5-7-14(2)19(13)20-17(22)12-21(4)18(23)11-10-16-9-8-15(3)24-16/h5-11H,12H2,1-4H3,(H,20,22)/b11-10+. The minimum absolute atomic E-state index is 0.0197. The fraction of sp³-hybridized carbons (Fsp3) is 0.263. The Morgan fingerprint density at radius 1 is 1.12 bits per heavy atom. The zero-order valence-electron chi connectivity index (χ0n) is 14.4. The van der Waals surface area contributed by atoms with Crippen molar-refractivity contribution in [3.05, 3.63) is 59.1 Å². The van der Waals surface area contributed by atoms with Crippen molar-refractivity contribution in [3.8, 4) is 0 Å². The molecule has 0 spiro atoms. The van der Waals surface area contributed by atoms with Crippen LogP contribution in [0.4, 0.5) is 5.69 Å². The lowest BCUT2D eigenvalue weighted by atomic mass is 10.1. The summed E-state index contributed by atoms with van der Waals surface area (Å²) < 4.78 is 5.36. The normalized spacial score (nSPS) is 10.8. The number of nitrogens with zero attached hydrogens (tertiary/aromatic N) is 1. The fourth-order valence-electron chi connectivity index (χ4n) is 2.31. The van der Waals surface area contributed by atoms with Crippen LogP contribution in [0.2, 0.25) is 0 Å². The predicted molar refractivity (Wildman–Crippen MR) is 94.7 cm³/mol. The van der Waals surface area contributed by atoms with E-state index in [9.17, 15) is 9.59 Å². The maximum Gasteiger partial charge on any atom is 0.246 e. The number of anilines is 1. The highest BCUT2D eigenvalue weighted by atomic mass is 16.3. The van der Waals surface area contributed by atoms with Crippen molar-refractivity contribution in [1.29, 1.82) is 0 Å². The van der Waals surface area contributed by atoms with Crippen molar-refractivity contribution in [2.75, 3.05) is 18.9 Å². The molecular formula is C19H22N2O3. The Labute approximate surface area is 142 Å². The average Bonchev–Trinajstić information content (AvgIpc) is 2.94. The number of para-hydroxylation sites is 1. The first-order valence-electron chi connectivity index (χ1n) is 7.72. The van der Waals surface area contributed by atoms with E-state index in [0.717, 1.165) is 22.6 Å². The van der Waals surface area contributed by atoms with Crippen molar-refractivity contribution in [2.45, 2.75) is 20.8 Å². The van der Waals surface area contributed by atoms with Crippen molar-refractivity contribution in [3.63, 3.8) is 0 Å². The molecule has 0 saturated carbocycles. The van der Waals surface area contributed by atoms with Crippen molar-refractivity contribution < 1.29 is 14.0 Å². The molecule has 0 unspecified atom stereocenters. The summed E-state index contributed by atoms with van der Waals surface area (Å²) >= 11 is 0.